The van der Waals surface area contributed by atoms with Gasteiger partial charge >= 0.3 is 0 Å². The molecule has 0 saturated carbocycles. The summed E-state index contributed by atoms with van der Waals surface area (Å²) < 4.78 is 25.8. The number of carbonyl (C=O) groups excluding carboxylic acids is 2. The number of nitriles is 1. The minimum Gasteiger partial charge on any atom is -0.488 e. The second-order valence-electron chi connectivity index (χ2n) is 17.9. The van der Waals surface area contributed by atoms with Crippen LogP contribution in [0.2, 0.25) is 10.0 Å². The number of likely N-dealkylation sites (tertiary alicyclic amines) is 2. The summed E-state index contributed by atoms with van der Waals surface area (Å²) in [5.41, 5.74) is 22.1. The summed E-state index contributed by atoms with van der Waals surface area (Å²) in [5.74, 6) is 1.30. The normalized spacial score (nSPS) is 16.0. The van der Waals surface area contributed by atoms with E-state index in [1.54, 1.807) is 44.0 Å². The molecule has 0 aliphatic carbocycles. The number of rotatable bonds is 20. The summed E-state index contributed by atoms with van der Waals surface area (Å²) in [6, 6.07) is 24.6. The number of ether oxygens (including phenoxy) is 4. The van der Waals surface area contributed by atoms with Crippen molar-refractivity contribution in [3.05, 3.63) is 163 Å². The smallest absolute Gasteiger partial charge is 0.234 e. The summed E-state index contributed by atoms with van der Waals surface area (Å²) in [6.07, 6.45) is 11.5. The molecular weight excluding hydrogens is 940 g/mol. The number of carbonyl (C=O) groups is 2. The van der Waals surface area contributed by atoms with E-state index in [0.29, 0.717) is 71.1 Å². The molecule has 2 aromatic heterocycles. The quantitative estimate of drug-likeness (QED) is 0.0693. The fourth-order valence-electron chi connectivity index (χ4n) is 9.33. The van der Waals surface area contributed by atoms with Gasteiger partial charge in [-0.2, -0.15) is 5.26 Å². The van der Waals surface area contributed by atoms with Crippen molar-refractivity contribution in [3.8, 4) is 40.2 Å². The number of nitrogens with two attached hydrogens (primary N) is 2. The Hall–Kier alpha value is -7.02. The Labute approximate surface area is 424 Å². The van der Waals surface area contributed by atoms with Gasteiger partial charge in [-0.1, -0.05) is 59.6 Å². The predicted molar refractivity (Wildman–Crippen MR) is 274 cm³/mol. The zero-order valence-electron chi connectivity index (χ0n) is 40.0. The van der Waals surface area contributed by atoms with E-state index in [1.165, 1.54) is 6.20 Å². The topological polar surface area (TPSA) is 192 Å². The van der Waals surface area contributed by atoms with E-state index in [1.807, 2.05) is 53.4 Å². The molecule has 14 nitrogen and oxygen atoms in total. The van der Waals surface area contributed by atoms with Crippen LogP contribution in [0.1, 0.15) is 81.3 Å². The molecular formula is C55H56Cl2N8O6. The molecule has 4 N–H and O–H groups in total. The van der Waals surface area contributed by atoms with E-state index >= 15 is 0 Å². The van der Waals surface area contributed by atoms with Crippen molar-refractivity contribution in [2.45, 2.75) is 91.1 Å². The molecule has 8 rings (SSSR count). The lowest BCUT2D eigenvalue weighted by molar-refractivity contribution is -0.123. The highest BCUT2D eigenvalue weighted by Gasteiger charge is 2.31. The molecule has 2 atom stereocenters. The maximum atomic E-state index is 12.3. The maximum absolute atomic E-state index is 12.3. The lowest BCUT2D eigenvalue weighted by atomic mass is 9.92. The van der Waals surface area contributed by atoms with Crippen LogP contribution in [0.25, 0.3) is 11.1 Å². The van der Waals surface area contributed by atoms with Crippen LogP contribution in [-0.4, -0.2) is 70.0 Å². The van der Waals surface area contributed by atoms with Gasteiger partial charge in [-0.3, -0.25) is 34.3 Å². The average molecular weight is 996 g/mol. The first-order valence-corrected chi connectivity index (χ1v) is 24.2. The van der Waals surface area contributed by atoms with Gasteiger partial charge in [0.15, 0.2) is 0 Å². The summed E-state index contributed by atoms with van der Waals surface area (Å²) in [7, 11) is 1.71. The van der Waals surface area contributed by atoms with Gasteiger partial charge in [-0.05, 0) is 110 Å². The Bertz CT molecular complexity index is 3000. The minimum atomic E-state index is -0.379. The van der Waals surface area contributed by atoms with Crippen LogP contribution >= 0.6 is 23.2 Å². The van der Waals surface area contributed by atoms with Gasteiger partial charge in [-0.15, -0.1) is 0 Å². The third-order valence-electron chi connectivity index (χ3n) is 13.1. The number of primary amides is 2. The van der Waals surface area contributed by atoms with Gasteiger partial charge in [0.25, 0.3) is 0 Å². The van der Waals surface area contributed by atoms with Crippen LogP contribution in [0, 0.1) is 25.2 Å². The molecule has 4 aromatic carbocycles. The molecule has 71 heavy (non-hydrogen) atoms. The van der Waals surface area contributed by atoms with Crippen LogP contribution < -0.4 is 30.4 Å². The van der Waals surface area contributed by atoms with E-state index in [9.17, 15) is 14.9 Å². The van der Waals surface area contributed by atoms with Crippen molar-refractivity contribution in [2.75, 3.05) is 20.1 Å². The van der Waals surface area contributed by atoms with Crippen molar-refractivity contribution in [3.63, 3.8) is 0 Å². The number of aliphatic imine (C=N–C) groups is 1. The highest BCUT2D eigenvalue weighted by Crippen LogP contribution is 2.39. The maximum Gasteiger partial charge on any atom is 0.234 e. The number of hydrogen-bond donors (Lipinski definition) is 2. The fraction of sp³-hybridized carbons (Fsp3) is 0.309. The Balaban J connectivity index is 1.00. The van der Waals surface area contributed by atoms with Gasteiger partial charge in [0, 0.05) is 91.1 Å². The third-order valence-corrected chi connectivity index (χ3v) is 13.7. The number of hydrogen-bond acceptors (Lipinski definition) is 12. The van der Waals surface area contributed by atoms with Crippen molar-refractivity contribution < 1.29 is 28.5 Å². The molecule has 0 spiro atoms. The van der Waals surface area contributed by atoms with Gasteiger partial charge < -0.3 is 30.4 Å². The van der Waals surface area contributed by atoms with Gasteiger partial charge in [0.1, 0.15) is 55.5 Å². The second-order valence-corrected chi connectivity index (χ2v) is 18.7. The van der Waals surface area contributed by atoms with E-state index in [0.717, 1.165) is 80.6 Å². The van der Waals surface area contributed by atoms with E-state index in [-0.39, 0.29) is 50.3 Å². The Kier molecular flexibility index (Phi) is 16.5. The third kappa shape index (κ3) is 12.3. The first kappa shape index (κ1) is 50.4. The molecule has 0 unspecified atom stereocenters. The number of halogens is 2. The predicted octanol–water partition coefficient (Wildman–Crippen LogP) is 9.20. The van der Waals surface area contributed by atoms with E-state index in [4.69, 9.17) is 53.6 Å². The average Bonchev–Trinajstić information content (AvgIpc) is 4.04. The zero-order valence-corrected chi connectivity index (χ0v) is 41.5. The number of pyridine rings is 2. The number of benzene rings is 4. The molecule has 2 amide bonds. The molecule has 2 saturated heterocycles. The first-order chi connectivity index (χ1) is 34.4. The monoisotopic (exact) mass is 994 g/mol. The SMILES string of the molecule is C/N=C/c1cncc(COc2cc(OCc3cccc(-c4cccc(COc5cc(OCc6cncc(C#N)c6)c(CN6CCC[C@H]6C(N)=O)cc5Cl)c4C)c3C)c(Cl)cc2CN2CCC[C@H]2C(N)=O)c1. The van der Waals surface area contributed by atoms with Crippen LogP contribution in [0.5, 0.6) is 23.0 Å². The lowest BCUT2D eigenvalue weighted by Gasteiger charge is -2.24. The molecule has 4 heterocycles. The van der Waals surface area contributed by atoms with Gasteiger partial charge in [-0.25, -0.2) is 0 Å². The molecule has 2 fully saturated rings. The van der Waals surface area contributed by atoms with Gasteiger partial charge in [0.2, 0.25) is 11.8 Å². The molecule has 16 heteroatoms. The van der Waals surface area contributed by atoms with Crippen LogP contribution in [-0.2, 0) is 49.1 Å². The second kappa shape index (κ2) is 23.3. The van der Waals surface area contributed by atoms with Crippen LogP contribution in [0.3, 0.4) is 0 Å². The molecule has 0 radical (unpaired) electrons. The molecule has 6 aromatic rings. The van der Waals surface area contributed by atoms with Crippen molar-refractivity contribution in [2.24, 2.45) is 16.5 Å². The minimum absolute atomic E-state index is 0.150. The van der Waals surface area contributed by atoms with Crippen molar-refractivity contribution >= 4 is 41.2 Å². The summed E-state index contributed by atoms with van der Waals surface area (Å²) in [6.45, 7) is 7.28. The van der Waals surface area contributed by atoms with E-state index < -0.39 is 0 Å². The zero-order chi connectivity index (χ0) is 50.0. The highest BCUT2D eigenvalue weighted by molar-refractivity contribution is 6.32. The van der Waals surface area contributed by atoms with Crippen LogP contribution in [0.4, 0.5) is 0 Å². The first-order valence-electron chi connectivity index (χ1n) is 23.5. The molecule has 2 aliphatic heterocycles. The standard InChI is InChI=1S/C55H56Cl2N8O6/c1-34-40(32-70-52-20-50(68-30-38-16-36(22-58)24-62-26-38)42(18-46(52)56)28-64-14-6-12-48(64)54(59)66)8-4-10-44(34)45-11-5-9-41(35(45)2)33-71-53-21-51(69-31-39-17-37(23-61-3)25-63-27-39)43(19-47(53)57)29-65-15-7-13-49(65)55(60)67/h4-5,8-11,16-21,23-27,48-49H,6-7,12-15,28-33H2,1-3H3,(H2,59,66)(H2,60,67)/b61-23+/t48-,49-/m0/s1. The Morgan fingerprint density at radius 3 is 1.63 bits per heavy atom. The lowest BCUT2D eigenvalue weighted by Crippen LogP contribution is -2.39. The highest BCUT2D eigenvalue weighted by atomic mass is 35.5. The number of aromatic nitrogens is 2. The van der Waals surface area contributed by atoms with Crippen molar-refractivity contribution in [1.29, 1.82) is 5.26 Å². The number of amides is 2. The molecule has 366 valence electrons. The van der Waals surface area contributed by atoms with Gasteiger partial charge in [0.05, 0.1) is 27.7 Å². The van der Waals surface area contributed by atoms with Crippen molar-refractivity contribution in [1.82, 2.24) is 19.8 Å². The summed E-state index contributed by atoms with van der Waals surface area (Å²) >= 11 is 13.9. The molecule has 2 aliphatic rings. The Morgan fingerprint density at radius 1 is 0.676 bits per heavy atom. The summed E-state index contributed by atoms with van der Waals surface area (Å²) in [5, 5.41) is 10.2. The Morgan fingerprint density at radius 2 is 1.15 bits per heavy atom. The van der Waals surface area contributed by atoms with E-state index in [2.05, 4.69) is 51.9 Å². The number of nitrogens with zero attached hydrogens (tertiary/aromatic N) is 6. The largest absolute Gasteiger partial charge is 0.488 e. The van der Waals surface area contributed by atoms with Crippen LogP contribution in [0.15, 0.2) is 103 Å². The fourth-order valence-corrected chi connectivity index (χ4v) is 9.81. The summed E-state index contributed by atoms with van der Waals surface area (Å²) in [4.78, 5) is 41.3. The molecule has 0 bridgehead atoms.